The van der Waals surface area contributed by atoms with Gasteiger partial charge in [-0.2, -0.15) is 0 Å². The van der Waals surface area contributed by atoms with Crippen molar-refractivity contribution in [3.8, 4) is 69.0 Å². The zero-order chi connectivity index (χ0) is 52.2. The largest absolute Gasteiger partial charge is 0.508 e. The summed E-state index contributed by atoms with van der Waals surface area (Å²) in [7, 11) is 0. The Bertz CT molecular complexity index is 4060. The second-order valence-corrected chi connectivity index (χ2v) is 20.8. The summed E-state index contributed by atoms with van der Waals surface area (Å²) in [5.41, 5.74) is 8.14. The first kappa shape index (κ1) is 44.0. The lowest BCUT2D eigenvalue weighted by Gasteiger charge is -2.36. The number of phenolic OH excluding ortho intramolecular Hbond substituents is 6. The average molecular weight is 1020 g/mol. The quantitative estimate of drug-likeness (QED) is 0.102. The molecule has 0 atom stereocenters. The van der Waals surface area contributed by atoms with Gasteiger partial charge in [0.15, 0.2) is 0 Å². The number of hydrogen-bond donors (Lipinski definition) is 6. The van der Waals surface area contributed by atoms with Gasteiger partial charge in [-0.3, -0.25) is 0 Å². The van der Waals surface area contributed by atoms with E-state index in [0.717, 1.165) is 115 Å². The van der Waals surface area contributed by atoms with E-state index in [-0.39, 0.29) is 34.5 Å². The first-order valence-corrected chi connectivity index (χ1v) is 25.8. The fraction of sp³-hybridized carbons (Fsp3) is 0.0435. The van der Waals surface area contributed by atoms with Gasteiger partial charge < -0.3 is 44.8 Å². The van der Waals surface area contributed by atoms with Gasteiger partial charge in [-0.15, -0.1) is 0 Å². The molecule has 0 aromatic heterocycles. The summed E-state index contributed by atoms with van der Waals surface area (Å²) >= 11 is 0. The second kappa shape index (κ2) is 16.1. The molecule has 78 heavy (non-hydrogen) atoms. The number of fused-ring (bicyclic) bond motifs is 18. The number of aromatic hydroxyl groups is 6. The van der Waals surface area contributed by atoms with Crippen molar-refractivity contribution < 1.29 is 44.8 Å². The summed E-state index contributed by atoms with van der Waals surface area (Å²) in [5, 5.41) is 76.0. The van der Waals surface area contributed by atoms with Crippen molar-refractivity contribution in [2.24, 2.45) is 0 Å². The Labute approximate surface area is 444 Å². The summed E-state index contributed by atoms with van der Waals surface area (Å²) in [5.74, 6) is 3.20. The highest BCUT2D eigenvalue weighted by Crippen LogP contribution is 2.59. The Kier molecular flexibility index (Phi) is 9.06. The molecule has 13 aromatic rings. The highest BCUT2D eigenvalue weighted by atomic mass is 16.5. The summed E-state index contributed by atoms with van der Waals surface area (Å²) in [6.07, 6.45) is 0. The van der Waals surface area contributed by atoms with Crippen LogP contribution in [-0.4, -0.2) is 30.6 Å². The van der Waals surface area contributed by atoms with E-state index in [2.05, 4.69) is 18.2 Å². The predicted octanol–water partition coefficient (Wildman–Crippen LogP) is 16.7. The van der Waals surface area contributed by atoms with Crippen molar-refractivity contribution >= 4 is 64.6 Å². The monoisotopic (exact) mass is 1010 g/mol. The molecule has 0 radical (unpaired) electrons. The first-order chi connectivity index (χ1) is 38.1. The third-order valence-electron chi connectivity index (χ3n) is 16.4. The Morgan fingerprint density at radius 3 is 0.564 bits per heavy atom. The summed E-state index contributed by atoms with van der Waals surface area (Å²) in [4.78, 5) is 0. The van der Waals surface area contributed by atoms with Crippen LogP contribution in [0, 0.1) is 0 Å². The van der Waals surface area contributed by atoms with E-state index in [1.165, 1.54) is 0 Å². The summed E-state index contributed by atoms with van der Waals surface area (Å²) in [6, 6.07) is 63.2. The minimum atomic E-state index is -0.524. The molecule has 372 valence electrons. The molecule has 3 aliphatic rings. The van der Waals surface area contributed by atoms with Crippen LogP contribution >= 0.6 is 0 Å². The SMILES string of the molecule is Oc1ccc2c3c(ccc2c1)Oc1ccc2cc(O)ccc2c1C3c1cc(C2c3c(ccc4cc(O)ccc34)Oc3ccc4cc(O)ccc4c32)cc(C2c3c(ccc4cc(O)ccc34)Oc3ccc4cc(O)ccc4c32)c1. The number of hydrogen-bond acceptors (Lipinski definition) is 9. The Hall–Kier alpha value is -10.4. The van der Waals surface area contributed by atoms with Gasteiger partial charge in [0, 0.05) is 51.1 Å². The number of rotatable bonds is 3. The van der Waals surface area contributed by atoms with Gasteiger partial charge in [-0.05, 0) is 191 Å². The van der Waals surface area contributed by atoms with Crippen molar-refractivity contribution in [2.75, 3.05) is 0 Å². The van der Waals surface area contributed by atoms with Crippen molar-refractivity contribution in [3.63, 3.8) is 0 Å². The molecule has 0 saturated carbocycles. The van der Waals surface area contributed by atoms with E-state index in [0.29, 0.717) is 34.5 Å². The molecule has 0 fully saturated rings. The highest BCUT2D eigenvalue weighted by Gasteiger charge is 2.39. The Morgan fingerprint density at radius 2 is 0.385 bits per heavy atom. The van der Waals surface area contributed by atoms with Gasteiger partial charge in [0.1, 0.15) is 69.0 Å². The predicted molar refractivity (Wildman–Crippen MR) is 303 cm³/mol. The molecule has 0 aliphatic carbocycles. The van der Waals surface area contributed by atoms with Crippen molar-refractivity contribution in [1.82, 2.24) is 0 Å². The normalized spacial score (nSPS) is 13.8. The van der Waals surface area contributed by atoms with Crippen LogP contribution in [0.5, 0.6) is 69.0 Å². The fourth-order valence-corrected chi connectivity index (χ4v) is 13.2. The zero-order valence-electron chi connectivity index (χ0n) is 41.2. The minimum Gasteiger partial charge on any atom is -0.508 e. The third-order valence-corrected chi connectivity index (χ3v) is 16.4. The molecule has 0 saturated heterocycles. The first-order valence-electron chi connectivity index (χ1n) is 25.8. The van der Waals surface area contributed by atoms with E-state index in [9.17, 15) is 30.6 Å². The average Bonchev–Trinajstić information content (AvgIpc) is 3.56. The Morgan fingerprint density at radius 1 is 0.205 bits per heavy atom. The smallest absolute Gasteiger partial charge is 0.132 e. The lowest BCUT2D eigenvalue weighted by atomic mass is 9.72. The van der Waals surface area contributed by atoms with Crippen LogP contribution < -0.4 is 14.2 Å². The van der Waals surface area contributed by atoms with Gasteiger partial charge in [0.05, 0.1) is 0 Å². The van der Waals surface area contributed by atoms with Crippen LogP contribution in [-0.2, 0) is 0 Å². The van der Waals surface area contributed by atoms with Crippen LogP contribution in [0.25, 0.3) is 64.6 Å². The lowest BCUT2D eigenvalue weighted by molar-refractivity contribution is 0.453. The van der Waals surface area contributed by atoms with Gasteiger partial charge in [0.25, 0.3) is 0 Å². The number of benzene rings is 13. The lowest BCUT2D eigenvalue weighted by Crippen LogP contribution is -2.18. The molecule has 0 spiro atoms. The molecule has 0 amide bonds. The maximum atomic E-state index is 11.0. The molecule has 9 nitrogen and oxygen atoms in total. The molecule has 0 bridgehead atoms. The molecular formula is C69H42O9. The van der Waals surface area contributed by atoms with E-state index in [4.69, 9.17) is 14.2 Å². The highest BCUT2D eigenvalue weighted by molar-refractivity contribution is 6.00. The van der Waals surface area contributed by atoms with E-state index < -0.39 is 17.8 Å². The maximum Gasteiger partial charge on any atom is 0.132 e. The van der Waals surface area contributed by atoms with Gasteiger partial charge in [0.2, 0.25) is 0 Å². The molecule has 3 heterocycles. The maximum absolute atomic E-state index is 11.0. The summed E-state index contributed by atoms with van der Waals surface area (Å²) < 4.78 is 20.9. The van der Waals surface area contributed by atoms with Crippen molar-refractivity contribution in [1.29, 1.82) is 0 Å². The molecule has 0 unspecified atom stereocenters. The fourth-order valence-electron chi connectivity index (χ4n) is 13.2. The minimum absolute atomic E-state index is 0.136. The molecule has 16 rings (SSSR count). The summed E-state index contributed by atoms with van der Waals surface area (Å²) in [6.45, 7) is 0. The van der Waals surface area contributed by atoms with Gasteiger partial charge in [-0.25, -0.2) is 0 Å². The molecule has 13 aromatic carbocycles. The third kappa shape index (κ3) is 6.48. The molecule has 3 aliphatic heterocycles. The molecule has 6 N–H and O–H groups in total. The van der Waals surface area contributed by atoms with Crippen LogP contribution in [0.4, 0.5) is 0 Å². The van der Waals surface area contributed by atoms with Crippen LogP contribution in [0.3, 0.4) is 0 Å². The topological polar surface area (TPSA) is 149 Å². The van der Waals surface area contributed by atoms with Crippen LogP contribution in [0.15, 0.2) is 200 Å². The van der Waals surface area contributed by atoms with E-state index in [1.807, 2.05) is 109 Å². The zero-order valence-corrected chi connectivity index (χ0v) is 41.2. The second-order valence-electron chi connectivity index (χ2n) is 20.8. The molecular weight excluding hydrogens is 973 g/mol. The van der Waals surface area contributed by atoms with E-state index >= 15 is 0 Å². The van der Waals surface area contributed by atoms with Crippen molar-refractivity contribution in [3.05, 3.63) is 250 Å². The van der Waals surface area contributed by atoms with Gasteiger partial charge in [-0.1, -0.05) is 91.0 Å². The Balaban J connectivity index is 1.09. The van der Waals surface area contributed by atoms with Crippen molar-refractivity contribution in [2.45, 2.75) is 17.8 Å². The molecule has 9 heteroatoms. The van der Waals surface area contributed by atoms with E-state index in [1.54, 1.807) is 72.8 Å². The number of phenols is 6. The van der Waals surface area contributed by atoms with Crippen LogP contribution in [0.2, 0.25) is 0 Å². The van der Waals surface area contributed by atoms with Crippen LogP contribution in [0.1, 0.15) is 67.8 Å². The number of ether oxygens (including phenoxy) is 3. The van der Waals surface area contributed by atoms with Gasteiger partial charge >= 0.3 is 0 Å². The standard InChI is InChI=1S/C69H42O9/c70-43-7-13-49-34(28-43)1-19-55-64(49)61(65-50-14-8-44(71)29-35(50)2-20-56(65)76-55)40-25-41(62-66-51-15-9-45(72)30-36(51)3-21-57(66)77-58-22-4-37-31-46(73)10-16-52(37)67(58)62)27-42(26-40)63-68-53-17-11-47(74)32-38(53)5-23-59(68)78-60-24-6-39-33-48(75)12-18-54(39)69(60)63/h1-33,61-63,70-75H.